The second-order valence-electron chi connectivity index (χ2n) is 1.46. The molecule has 0 aliphatic rings. The van der Waals surface area contributed by atoms with Crippen LogP contribution in [0.4, 0.5) is 0 Å². The fraction of sp³-hybridized carbons (Fsp3) is 0.167. The Balaban J connectivity index is 3.17. The zero-order chi connectivity index (χ0) is 9.30. The highest BCUT2D eigenvalue weighted by Crippen LogP contribution is 2.22. The SMILES string of the molecule is [2H]c1sc(C(=O)OC)c(Br)c1[2H]. The van der Waals surface area contributed by atoms with Crippen molar-refractivity contribution in [3.05, 3.63) is 20.7 Å². The van der Waals surface area contributed by atoms with Gasteiger partial charge in [0, 0.05) is 4.47 Å². The molecular weight excluding hydrogens is 216 g/mol. The zero-order valence-corrected chi connectivity index (χ0v) is 7.51. The van der Waals surface area contributed by atoms with Crippen molar-refractivity contribution in [2.45, 2.75) is 0 Å². The first-order valence-corrected chi connectivity index (χ1v) is 4.02. The average molecular weight is 223 g/mol. The van der Waals surface area contributed by atoms with Gasteiger partial charge >= 0.3 is 5.97 Å². The number of methoxy groups -OCH3 is 1. The summed E-state index contributed by atoms with van der Waals surface area (Å²) in [6, 6.07) is 0.0281. The summed E-state index contributed by atoms with van der Waals surface area (Å²) >= 11 is 3.98. The van der Waals surface area contributed by atoms with Crippen LogP contribution in [0.1, 0.15) is 12.4 Å². The summed E-state index contributed by atoms with van der Waals surface area (Å²) in [6.45, 7) is 0. The predicted molar refractivity (Wildman–Crippen MR) is 43.4 cm³/mol. The van der Waals surface area contributed by atoms with E-state index in [-0.39, 0.29) is 16.3 Å². The zero-order valence-electron chi connectivity index (χ0n) is 7.10. The normalized spacial score (nSPS) is 12.2. The van der Waals surface area contributed by atoms with Crippen LogP contribution in [0.5, 0.6) is 0 Å². The number of thiophene rings is 1. The van der Waals surface area contributed by atoms with Gasteiger partial charge in [0.05, 0.1) is 9.85 Å². The van der Waals surface area contributed by atoms with Crippen LogP contribution >= 0.6 is 27.3 Å². The Morgan fingerprint density at radius 3 is 3.10 bits per heavy atom. The summed E-state index contributed by atoms with van der Waals surface area (Å²) < 4.78 is 19.3. The predicted octanol–water partition coefficient (Wildman–Crippen LogP) is 2.30. The van der Waals surface area contributed by atoms with Gasteiger partial charge in [-0.15, -0.1) is 11.3 Å². The molecule has 0 aliphatic heterocycles. The van der Waals surface area contributed by atoms with Crippen molar-refractivity contribution in [3.63, 3.8) is 0 Å². The molecule has 0 saturated carbocycles. The lowest BCUT2D eigenvalue weighted by Gasteiger charge is -1.93. The van der Waals surface area contributed by atoms with Gasteiger partial charge in [-0.25, -0.2) is 4.79 Å². The van der Waals surface area contributed by atoms with Crippen molar-refractivity contribution in [2.24, 2.45) is 0 Å². The van der Waals surface area contributed by atoms with Gasteiger partial charge in [-0.05, 0) is 27.3 Å². The van der Waals surface area contributed by atoms with Gasteiger partial charge in [0.2, 0.25) is 0 Å². The van der Waals surface area contributed by atoms with Gasteiger partial charge in [0.15, 0.2) is 0 Å². The fourth-order valence-corrected chi connectivity index (χ4v) is 1.64. The lowest BCUT2D eigenvalue weighted by atomic mass is 10.5. The highest BCUT2D eigenvalue weighted by Gasteiger charge is 2.10. The van der Waals surface area contributed by atoms with Crippen molar-refractivity contribution < 1.29 is 12.3 Å². The lowest BCUT2D eigenvalue weighted by Crippen LogP contribution is -1.97. The van der Waals surface area contributed by atoms with E-state index in [2.05, 4.69) is 20.7 Å². The number of esters is 1. The quantitative estimate of drug-likeness (QED) is 0.683. The Kier molecular flexibility index (Phi) is 1.68. The molecule has 0 spiro atoms. The Bertz CT molecular complexity index is 324. The van der Waals surface area contributed by atoms with Crippen LogP contribution in [0, 0.1) is 0 Å². The van der Waals surface area contributed by atoms with Crippen molar-refractivity contribution in [2.75, 3.05) is 7.11 Å². The molecule has 0 atom stereocenters. The van der Waals surface area contributed by atoms with Crippen LogP contribution in [-0.2, 0) is 4.74 Å². The number of carbonyl (C=O) groups is 1. The molecule has 0 amide bonds. The number of ether oxygens (including phenoxy) is 1. The molecule has 2 nitrogen and oxygen atoms in total. The molecule has 0 aliphatic carbocycles. The number of carbonyl (C=O) groups excluding carboxylic acids is 1. The largest absolute Gasteiger partial charge is 0.465 e. The van der Waals surface area contributed by atoms with Crippen molar-refractivity contribution >= 4 is 33.2 Å². The minimum atomic E-state index is -0.515. The van der Waals surface area contributed by atoms with E-state index in [1.807, 2.05) is 0 Å². The Labute approximate surface area is 73.8 Å². The summed E-state index contributed by atoms with van der Waals surface area (Å²) in [4.78, 5) is 11.3. The molecule has 4 heteroatoms. The molecular formula is C6H5BrO2S. The number of rotatable bonds is 1. The maximum atomic E-state index is 11.0. The third-order valence-electron chi connectivity index (χ3n) is 0.884. The van der Waals surface area contributed by atoms with Gasteiger partial charge in [-0.1, -0.05) is 0 Å². The van der Waals surface area contributed by atoms with Crippen molar-refractivity contribution in [3.8, 4) is 0 Å². The van der Waals surface area contributed by atoms with E-state index in [0.29, 0.717) is 4.47 Å². The molecule has 0 aromatic carbocycles. The second kappa shape index (κ2) is 3.16. The van der Waals surface area contributed by atoms with E-state index in [1.165, 1.54) is 7.11 Å². The number of hydrogen-bond donors (Lipinski definition) is 0. The summed E-state index contributed by atoms with van der Waals surface area (Å²) in [6.07, 6.45) is 0. The third-order valence-corrected chi connectivity index (χ3v) is 2.52. The van der Waals surface area contributed by atoms with E-state index in [4.69, 9.17) is 2.74 Å². The van der Waals surface area contributed by atoms with E-state index in [0.717, 1.165) is 11.3 Å². The molecule has 54 valence electrons. The molecule has 0 N–H and O–H groups in total. The minimum absolute atomic E-state index is 0.0281. The molecule has 0 bridgehead atoms. The Hall–Kier alpha value is -0.350. The van der Waals surface area contributed by atoms with Crippen LogP contribution in [0.3, 0.4) is 0 Å². The molecule has 1 aromatic heterocycles. The van der Waals surface area contributed by atoms with Crippen LogP contribution in [0.25, 0.3) is 0 Å². The summed E-state index contributed by atoms with van der Waals surface area (Å²) in [5, 5.41) is 0.0577. The minimum Gasteiger partial charge on any atom is -0.465 e. The molecule has 0 unspecified atom stereocenters. The maximum absolute atomic E-state index is 11.0. The Morgan fingerprint density at radius 1 is 2.00 bits per heavy atom. The molecule has 0 radical (unpaired) electrons. The van der Waals surface area contributed by atoms with Crippen molar-refractivity contribution in [1.29, 1.82) is 0 Å². The lowest BCUT2D eigenvalue weighted by molar-refractivity contribution is 0.0605. The molecule has 0 fully saturated rings. The van der Waals surface area contributed by atoms with Gasteiger partial charge < -0.3 is 4.74 Å². The van der Waals surface area contributed by atoms with Gasteiger partial charge in [0.25, 0.3) is 0 Å². The molecule has 10 heavy (non-hydrogen) atoms. The summed E-state index contributed by atoms with van der Waals surface area (Å²) in [5.41, 5.74) is 0. The van der Waals surface area contributed by atoms with Crippen LogP contribution in [0.15, 0.2) is 15.9 Å². The first-order chi connectivity index (χ1) is 5.57. The van der Waals surface area contributed by atoms with Gasteiger partial charge in [-0.2, -0.15) is 0 Å². The summed E-state index contributed by atoms with van der Waals surface area (Å²) in [7, 11) is 1.27. The van der Waals surface area contributed by atoms with E-state index < -0.39 is 5.97 Å². The summed E-state index contributed by atoms with van der Waals surface area (Å²) in [5.74, 6) is -0.515. The van der Waals surface area contributed by atoms with Crippen LogP contribution in [-0.4, -0.2) is 13.1 Å². The monoisotopic (exact) mass is 222 g/mol. The van der Waals surface area contributed by atoms with Crippen LogP contribution in [0.2, 0.25) is 0 Å². The first-order valence-electron chi connectivity index (χ1n) is 3.41. The standard InChI is InChI=1S/C6H5BrO2S/c1-9-6(8)5-4(7)2-3-10-5/h2-3H,1H3/i2D,3D. The average Bonchev–Trinajstić information content (AvgIpc) is 2.32. The number of halogens is 1. The first kappa shape index (κ1) is 5.32. The second-order valence-corrected chi connectivity index (χ2v) is 3.07. The maximum Gasteiger partial charge on any atom is 0.349 e. The van der Waals surface area contributed by atoms with Gasteiger partial charge in [0.1, 0.15) is 4.88 Å². The third kappa shape index (κ3) is 1.38. The van der Waals surface area contributed by atoms with Crippen molar-refractivity contribution in [1.82, 2.24) is 0 Å². The molecule has 1 aromatic rings. The molecule has 1 heterocycles. The highest BCUT2D eigenvalue weighted by molar-refractivity contribution is 9.10. The van der Waals surface area contributed by atoms with E-state index >= 15 is 0 Å². The number of hydrogen-bond acceptors (Lipinski definition) is 3. The van der Waals surface area contributed by atoms with Crippen LogP contribution < -0.4 is 0 Å². The smallest absolute Gasteiger partial charge is 0.349 e. The Morgan fingerprint density at radius 2 is 2.70 bits per heavy atom. The van der Waals surface area contributed by atoms with E-state index in [1.54, 1.807) is 0 Å². The highest BCUT2D eigenvalue weighted by atomic mass is 79.9. The topological polar surface area (TPSA) is 26.3 Å². The fourth-order valence-electron chi connectivity index (χ4n) is 0.447. The molecule has 1 rings (SSSR count). The van der Waals surface area contributed by atoms with Gasteiger partial charge in [-0.3, -0.25) is 0 Å². The van der Waals surface area contributed by atoms with E-state index in [9.17, 15) is 4.79 Å². The molecule has 0 saturated heterocycles.